The Labute approximate surface area is 86.9 Å². The largest absolute Gasteiger partial charge is 0.394 e. The highest BCUT2D eigenvalue weighted by molar-refractivity contribution is 6.29. The molecular weight excluding hydrogens is 204 g/mol. The summed E-state index contributed by atoms with van der Waals surface area (Å²) < 4.78 is 0. The Morgan fingerprint density at radius 3 is 3.07 bits per heavy atom. The maximum atomic E-state index is 11.5. The highest BCUT2D eigenvalue weighted by Gasteiger charge is 2.08. The predicted octanol–water partition coefficient (Wildman–Crippen LogP) is 0.846. The fourth-order valence-electron chi connectivity index (χ4n) is 0.896. The number of amides is 1. The molecule has 76 valence electrons. The number of rotatable bonds is 3. The van der Waals surface area contributed by atoms with E-state index < -0.39 is 0 Å². The van der Waals surface area contributed by atoms with Crippen LogP contribution in [0.3, 0.4) is 0 Å². The van der Waals surface area contributed by atoms with Gasteiger partial charge in [-0.3, -0.25) is 4.79 Å². The molecule has 0 unspecified atom stereocenters. The van der Waals surface area contributed by atoms with Gasteiger partial charge in [0.15, 0.2) is 0 Å². The number of nitrogens with zero attached hydrogens (tertiary/aromatic N) is 1. The molecule has 0 aromatic carbocycles. The number of pyridine rings is 1. The van der Waals surface area contributed by atoms with E-state index in [9.17, 15) is 4.79 Å². The Balaban J connectivity index is 2.70. The minimum atomic E-state index is -0.269. The van der Waals surface area contributed by atoms with Gasteiger partial charge < -0.3 is 10.4 Å². The highest BCUT2D eigenvalue weighted by atomic mass is 35.5. The number of nitrogens with one attached hydrogen (secondary N) is 1. The molecule has 14 heavy (non-hydrogen) atoms. The zero-order valence-corrected chi connectivity index (χ0v) is 8.45. The zero-order valence-electron chi connectivity index (χ0n) is 7.70. The van der Waals surface area contributed by atoms with Crippen LogP contribution in [0, 0.1) is 0 Å². The smallest absolute Gasteiger partial charge is 0.251 e. The summed E-state index contributed by atoms with van der Waals surface area (Å²) in [6, 6.07) is 2.76. The Morgan fingerprint density at radius 2 is 2.50 bits per heavy atom. The van der Waals surface area contributed by atoms with Crippen molar-refractivity contribution in [2.24, 2.45) is 0 Å². The summed E-state index contributed by atoms with van der Waals surface area (Å²) >= 11 is 5.62. The third-order valence-corrected chi connectivity index (χ3v) is 1.85. The monoisotopic (exact) mass is 214 g/mol. The molecule has 1 atom stereocenters. The second kappa shape index (κ2) is 4.93. The average molecular weight is 215 g/mol. The predicted molar refractivity (Wildman–Crippen MR) is 53.3 cm³/mol. The number of carbonyl (C=O) groups excluding carboxylic acids is 1. The van der Waals surface area contributed by atoms with E-state index in [1.807, 2.05) is 0 Å². The van der Waals surface area contributed by atoms with Gasteiger partial charge in [-0.15, -0.1) is 0 Å². The Hall–Kier alpha value is -1.13. The lowest BCUT2D eigenvalue weighted by Crippen LogP contribution is -2.34. The second-order valence-corrected chi connectivity index (χ2v) is 3.31. The molecule has 0 aliphatic heterocycles. The van der Waals surface area contributed by atoms with E-state index in [0.717, 1.165) is 0 Å². The first kappa shape index (κ1) is 10.9. The van der Waals surface area contributed by atoms with Crippen LogP contribution in [-0.4, -0.2) is 28.6 Å². The molecule has 0 saturated carbocycles. The third kappa shape index (κ3) is 2.97. The van der Waals surface area contributed by atoms with Crippen LogP contribution in [0.1, 0.15) is 17.3 Å². The molecule has 0 bridgehead atoms. The summed E-state index contributed by atoms with van der Waals surface area (Å²) in [4.78, 5) is 15.2. The van der Waals surface area contributed by atoms with Gasteiger partial charge in [-0.1, -0.05) is 11.6 Å². The molecule has 0 aliphatic rings. The van der Waals surface area contributed by atoms with Gasteiger partial charge in [0.05, 0.1) is 6.61 Å². The van der Waals surface area contributed by atoms with Crippen molar-refractivity contribution in [2.75, 3.05) is 6.61 Å². The number of halogens is 1. The third-order valence-electron chi connectivity index (χ3n) is 1.64. The van der Waals surface area contributed by atoms with Crippen molar-refractivity contribution in [1.29, 1.82) is 0 Å². The first-order valence-electron chi connectivity index (χ1n) is 4.16. The Bertz CT molecular complexity index is 330. The SMILES string of the molecule is C[C@H](CO)NC(=O)c1ccnc(Cl)c1. The van der Waals surface area contributed by atoms with E-state index >= 15 is 0 Å². The van der Waals surface area contributed by atoms with Gasteiger partial charge in [-0.05, 0) is 19.1 Å². The second-order valence-electron chi connectivity index (χ2n) is 2.92. The number of hydrogen-bond acceptors (Lipinski definition) is 3. The van der Waals surface area contributed by atoms with Crippen molar-refractivity contribution in [3.8, 4) is 0 Å². The number of aliphatic hydroxyl groups is 1. The number of aliphatic hydroxyl groups excluding tert-OH is 1. The molecule has 2 N–H and O–H groups in total. The minimum absolute atomic E-state index is 0.0927. The van der Waals surface area contributed by atoms with E-state index in [4.69, 9.17) is 16.7 Å². The Kier molecular flexibility index (Phi) is 3.85. The topological polar surface area (TPSA) is 62.2 Å². The quantitative estimate of drug-likeness (QED) is 0.734. The molecule has 4 nitrogen and oxygen atoms in total. The molecule has 1 aromatic heterocycles. The fraction of sp³-hybridized carbons (Fsp3) is 0.333. The first-order valence-corrected chi connectivity index (χ1v) is 4.54. The fourth-order valence-corrected chi connectivity index (χ4v) is 1.07. The van der Waals surface area contributed by atoms with Crippen LogP contribution in [0.4, 0.5) is 0 Å². The summed E-state index contributed by atoms with van der Waals surface area (Å²) in [6.45, 7) is 1.62. The van der Waals surface area contributed by atoms with E-state index in [-0.39, 0.29) is 23.7 Å². The molecule has 5 heteroatoms. The molecule has 0 aliphatic carbocycles. The van der Waals surface area contributed by atoms with E-state index in [1.54, 1.807) is 13.0 Å². The zero-order chi connectivity index (χ0) is 10.6. The molecule has 0 saturated heterocycles. The summed E-state index contributed by atoms with van der Waals surface area (Å²) in [7, 11) is 0. The minimum Gasteiger partial charge on any atom is -0.394 e. The summed E-state index contributed by atoms with van der Waals surface area (Å²) in [6.07, 6.45) is 1.46. The molecule has 1 heterocycles. The van der Waals surface area contributed by atoms with Crippen LogP contribution < -0.4 is 5.32 Å². The number of aromatic nitrogens is 1. The van der Waals surface area contributed by atoms with Crippen molar-refractivity contribution in [3.63, 3.8) is 0 Å². The van der Waals surface area contributed by atoms with Crippen LogP contribution in [-0.2, 0) is 0 Å². The maximum absolute atomic E-state index is 11.5. The maximum Gasteiger partial charge on any atom is 0.251 e. The van der Waals surface area contributed by atoms with E-state index in [2.05, 4.69) is 10.3 Å². The van der Waals surface area contributed by atoms with Crippen molar-refractivity contribution >= 4 is 17.5 Å². The van der Waals surface area contributed by atoms with Crippen LogP contribution in [0.15, 0.2) is 18.3 Å². The summed E-state index contributed by atoms with van der Waals surface area (Å²) in [5.74, 6) is -0.268. The number of carbonyl (C=O) groups is 1. The van der Waals surface area contributed by atoms with Gasteiger partial charge in [0.25, 0.3) is 5.91 Å². The number of hydrogen-bond donors (Lipinski definition) is 2. The molecule has 1 amide bonds. The molecule has 0 radical (unpaired) electrons. The van der Waals surface area contributed by atoms with Crippen LogP contribution in [0.2, 0.25) is 5.15 Å². The van der Waals surface area contributed by atoms with Gasteiger partial charge in [0.1, 0.15) is 5.15 Å². The van der Waals surface area contributed by atoms with Crippen molar-refractivity contribution in [3.05, 3.63) is 29.0 Å². The van der Waals surface area contributed by atoms with Gasteiger partial charge in [0.2, 0.25) is 0 Å². The highest BCUT2D eigenvalue weighted by Crippen LogP contribution is 2.06. The van der Waals surface area contributed by atoms with Gasteiger partial charge in [0, 0.05) is 17.8 Å². The molecular formula is C9H11ClN2O2. The van der Waals surface area contributed by atoms with Crippen LogP contribution >= 0.6 is 11.6 Å². The van der Waals surface area contributed by atoms with Crippen molar-refractivity contribution < 1.29 is 9.90 Å². The lowest BCUT2D eigenvalue weighted by molar-refractivity contribution is 0.0922. The lowest BCUT2D eigenvalue weighted by atomic mass is 10.2. The van der Waals surface area contributed by atoms with Crippen molar-refractivity contribution in [2.45, 2.75) is 13.0 Å². The average Bonchev–Trinajstić information content (AvgIpc) is 2.17. The molecule has 0 fully saturated rings. The summed E-state index contributed by atoms with van der Waals surface area (Å²) in [5, 5.41) is 11.6. The standard InChI is InChI=1S/C9H11ClN2O2/c1-6(5-13)12-9(14)7-2-3-11-8(10)4-7/h2-4,6,13H,5H2,1H3,(H,12,14)/t6-/m1/s1. The van der Waals surface area contributed by atoms with Crippen LogP contribution in [0.25, 0.3) is 0 Å². The Morgan fingerprint density at radius 1 is 1.79 bits per heavy atom. The van der Waals surface area contributed by atoms with Gasteiger partial charge in [-0.25, -0.2) is 4.98 Å². The molecule has 1 rings (SSSR count). The lowest BCUT2D eigenvalue weighted by Gasteiger charge is -2.10. The molecule has 1 aromatic rings. The first-order chi connectivity index (χ1) is 6.63. The summed E-state index contributed by atoms with van der Waals surface area (Å²) in [5.41, 5.74) is 0.435. The van der Waals surface area contributed by atoms with Crippen molar-refractivity contribution in [1.82, 2.24) is 10.3 Å². The normalized spacial score (nSPS) is 12.2. The van der Waals surface area contributed by atoms with Gasteiger partial charge >= 0.3 is 0 Å². The van der Waals surface area contributed by atoms with Crippen LogP contribution in [0.5, 0.6) is 0 Å². The van der Waals surface area contributed by atoms with E-state index in [1.165, 1.54) is 12.3 Å². The molecule has 0 spiro atoms. The van der Waals surface area contributed by atoms with E-state index in [0.29, 0.717) is 5.56 Å². The van der Waals surface area contributed by atoms with Gasteiger partial charge in [-0.2, -0.15) is 0 Å².